The van der Waals surface area contributed by atoms with Gasteiger partial charge in [0.15, 0.2) is 11.5 Å². The van der Waals surface area contributed by atoms with Crippen LogP contribution in [0, 0.1) is 0 Å². The summed E-state index contributed by atoms with van der Waals surface area (Å²) >= 11 is 6.06. The Hall–Kier alpha value is -4.00. The number of carbonyl (C=O) groups excluding carboxylic acids is 1. The van der Waals surface area contributed by atoms with E-state index in [1.165, 1.54) is 18.7 Å². The number of ether oxygens (including phenoxy) is 3. The highest BCUT2D eigenvalue weighted by Gasteiger charge is 2.22. The van der Waals surface area contributed by atoms with Crippen molar-refractivity contribution in [1.82, 2.24) is 15.3 Å². The molecule has 2 aromatic carbocycles. The first kappa shape index (κ1) is 27.6. The number of nitrogens with one attached hydrogen (secondary N) is 1. The molecule has 0 atom stereocenters. The van der Waals surface area contributed by atoms with Crippen molar-refractivity contribution in [3.8, 4) is 17.2 Å². The number of carboxylic acid groups (broad SMARTS) is 2. The van der Waals surface area contributed by atoms with E-state index in [-0.39, 0.29) is 12.7 Å². The van der Waals surface area contributed by atoms with Crippen molar-refractivity contribution in [1.29, 1.82) is 0 Å². The number of benzene rings is 2. The number of aliphatic carboxylic acids is 2. The van der Waals surface area contributed by atoms with E-state index < -0.39 is 11.9 Å². The van der Waals surface area contributed by atoms with Gasteiger partial charge in [-0.25, -0.2) is 14.6 Å². The molecule has 2 aliphatic rings. The predicted molar refractivity (Wildman–Crippen MR) is 134 cm³/mol. The molecule has 1 fully saturated rings. The maximum Gasteiger partial charge on any atom is 0.328 e. The number of piperazine rings is 1. The topological polar surface area (TPSA) is 164 Å². The van der Waals surface area contributed by atoms with Crippen LogP contribution in [0.25, 0.3) is 0 Å². The predicted octanol–water partition coefficient (Wildman–Crippen LogP) is 1.83. The Bertz CT molecular complexity index is 1170. The summed E-state index contributed by atoms with van der Waals surface area (Å²) in [6.45, 7) is 4.17. The Balaban J connectivity index is 0.000000414. The maximum atomic E-state index is 12.7. The van der Waals surface area contributed by atoms with Gasteiger partial charge in [0.2, 0.25) is 6.79 Å². The Morgan fingerprint density at radius 2 is 1.70 bits per heavy atom. The maximum absolute atomic E-state index is 12.7. The van der Waals surface area contributed by atoms with Crippen LogP contribution >= 0.6 is 11.6 Å². The van der Waals surface area contributed by atoms with Crippen molar-refractivity contribution in [2.75, 3.05) is 45.8 Å². The number of carboxylic acids is 2. The second-order valence-electron chi connectivity index (χ2n) is 7.98. The van der Waals surface area contributed by atoms with E-state index in [0.29, 0.717) is 47.3 Å². The monoisotopic (exact) mass is 534 g/mol. The van der Waals surface area contributed by atoms with Gasteiger partial charge in [-0.05, 0) is 23.8 Å². The van der Waals surface area contributed by atoms with Crippen molar-refractivity contribution < 1.29 is 38.8 Å². The first-order chi connectivity index (χ1) is 17.7. The fourth-order valence-corrected chi connectivity index (χ4v) is 3.74. The van der Waals surface area contributed by atoms with Gasteiger partial charge in [0, 0.05) is 50.9 Å². The van der Waals surface area contributed by atoms with Gasteiger partial charge in [0.25, 0.3) is 5.91 Å². The summed E-state index contributed by atoms with van der Waals surface area (Å²) in [5.41, 5.74) is 10.6. The lowest BCUT2D eigenvalue weighted by Gasteiger charge is -2.34. The molecule has 0 aliphatic carbocycles. The van der Waals surface area contributed by atoms with Gasteiger partial charge in [0.05, 0.1) is 23.4 Å². The van der Waals surface area contributed by atoms with Crippen molar-refractivity contribution in [2.45, 2.75) is 6.54 Å². The summed E-state index contributed by atoms with van der Waals surface area (Å²) in [6, 6.07) is 9.10. The summed E-state index contributed by atoms with van der Waals surface area (Å²) in [4.78, 5) is 34.1. The van der Waals surface area contributed by atoms with E-state index >= 15 is 0 Å². The van der Waals surface area contributed by atoms with E-state index in [2.05, 4.69) is 16.4 Å². The summed E-state index contributed by atoms with van der Waals surface area (Å²) in [5, 5.41) is 17.9. The van der Waals surface area contributed by atoms with Crippen LogP contribution in [-0.2, 0) is 16.1 Å². The lowest BCUT2D eigenvalue weighted by molar-refractivity contribution is -0.134. The van der Waals surface area contributed by atoms with Crippen molar-refractivity contribution in [3.05, 3.63) is 58.6 Å². The van der Waals surface area contributed by atoms with Gasteiger partial charge in [-0.15, -0.1) is 0 Å². The van der Waals surface area contributed by atoms with Crippen molar-refractivity contribution >= 4 is 35.1 Å². The second kappa shape index (κ2) is 12.8. The van der Waals surface area contributed by atoms with Gasteiger partial charge in [-0.1, -0.05) is 17.7 Å². The lowest BCUT2D eigenvalue weighted by Crippen LogP contribution is -2.53. The zero-order valence-electron chi connectivity index (χ0n) is 20.0. The molecule has 2 heterocycles. The Labute approximate surface area is 217 Å². The number of rotatable bonds is 7. The van der Waals surface area contributed by atoms with Crippen LogP contribution in [0.1, 0.15) is 15.9 Å². The van der Waals surface area contributed by atoms with Crippen molar-refractivity contribution in [3.63, 3.8) is 0 Å². The highest BCUT2D eigenvalue weighted by atomic mass is 35.5. The molecule has 4 rings (SSSR count). The number of halogens is 1. The number of anilines is 1. The molecule has 0 saturated carbocycles. The minimum atomic E-state index is -1.26. The molecule has 12 nitrogen and oxygen atoms in total. The highest BCUT2D eigenvalue weighted by molar-refractivity contribution is 6.33. The van der Waals surface area contributed by atoms with Gasteiger partial charge >= 0.3 is 11.9 Å². The van der Waals surface area contributed by atoms with E-state index in [1.54, 1.807) is 6.07 Å². The zero-order chi connectivity index (χ0) is 26.9. The van der Waals surface area contributed by atoms with Gasteiger partial charge < -0.3 is 30.2 Å². The van der Waals surface area contributed by atoms with Crippen LogP contribution in [-0.4, -0.2) is 78.0 Å². The van der Waals surface area contributed by atoms with Gasteiger partial charge in [-0.2, -0.15) is 0 Å². The van der Waals surface area contributed by atoms with Gasteiger partial charge in [0.1, 0.15) is 5.75 Å². The molecule has 0 aromatic heterocycles. The Kier molecular flexibility index (Phi) is 9.55. The Morgan fingerprint density at radius 1 is 1.05 bits per heavy atom. The van der Waals surface area contributed by atoms with E-state index in [1.807, 2.05) is 17.1 Å². The molecule has 0 spiro atoms. The molecule has 0 unspecified atom stereocenters. The summed E-state index contributed by atoms with van der Waals surface area (Å²) in [5.74, 6) is -0.803. The largest absolute Gasteiger partial charge is 0.496 e. The molecular weight excluding hydrogens is 508 g/mol. The number of carbonyl (C=O) groups is 3. The molecule has 13 heteroatoms. The molecule has 37 heavy (non-hydrogen) atoms. The SMILES string of the molecule is COc1cc(N)c(Cl)cc1C(=O)NN1CCN(Cc2ccc3c(c2)OCO3)CC1.O=C(O)/C=C\C(=O)O. The molecule has 1 saturated heterocycles. The first-order valence-electron chi connectivity index (χ1n) is 11.1. The van der Waals surface area contributed by atoms with Crippen LogP contribution in [0.2, 0.25) is 5.02 Å². The second-order valence-corrected chi connectivity index (χ2v) is 8.38. The quantitative estimate of drug-likeness (QED) is 0.302. The summed E-state index contributed by atoms with van der Waals surface area (Å²) in [7, 11) is 1.49. The molecule has 5 N–H and O–H groups in total. The van der Waals surface area contributed by atoms with Crippen LogP contribution < -0.4 is 25.4 Å². The minimum absolute atomic E-state index is 0.270. The standard InChI is InChI=1S/C20H23ClN4O4.C4H4O4/c1-27-18-10-16(22)15(21)9-14(18)20(26)23-25-6-4-24(5-7-25)11-13-2-3-17-19(8-13)29-12-28-17;5-3(6)1-2-4(7)8/h2-3,8-10H,4-7,11-12,22H2,1H3,(H,23,26);1-2H,(H,5,6)(H,7,8)/b;2-1-. The third kappa shape index (κ3) is 8.00. The molecule has 0 radical (unpaired) electrons. The third-order valence-corrected chi connectivity index (χ3v) is 5.73. The van der Waals surface area contributed by atoms with Gasteiger partial charge in [-0.3, -0.25) is 15.1 Å². The summed E-state index contributed by atoms with van der Waals surface area (Å²) < 4.78 is 16.1. The summed E-state index contributed by atoms with van der Waals surface area (Å²) in [6.07, 6.45) is 1.12. The number of fused-ring (bicyclic) bond motifs is 1. The van der Waals surface area contributed by atoms with Crippen LogP contribution in [0.4, 0.5) is 5.69 Å². The fourth-order valence-electron chi connectivity index (χ4n) is 3.58. The van der Waals surface area contributed by atoms with E-state index in [4.69, 9.17) is 41.8 Å². The number of hydrazine groups is 1. The fraction of sp³-hybridized carbons (Fsp3) is 0.292. The molecule has 0 bridgehead atoms. The van der Waals surface area contributed by atoms with E-state index in [0.717, 1.165) is 31.1 Å². The lowest BCUT2D eigenvalue weighted by atomic mass is 10.1. The zero-order valence-corrected chi connectivity index (χ0v) is 20.7. The Morgan fingerprint density at radius 3 is 2.32 bits per heavy atom. The van der Waals surface area contributed by atoms with Crippen LogP contribution in [0.15, 0.2) is 42.5 Å². The highest BCUT2D eigenvalue weighted by Crippen LogP contribution is 2.33. The normalized spacial score (nSPS) is 15.1. The smallest absolute Gasteiger partial charge is 0.328 e. The number of hydrogen-bond acceptors (Lipinski definition) is 9. The average molecular weight is 535 g/mol. The van der Waals surface area contributed by atoms with Crippen LogP contribution in [0.5, 0.6) is 17.2 Å². The molecular formula is C24H27ClN4O8. The third-order valence-electron chi connectivity index (χ3n) is 5.41. The van der Waals surface area contributed by atoms with E-state index in [9.17, 15) is 14.4 Å². The number of methoxy groups -OCH3 is 1. The number of nitrogens with two attached hydrogens (primary N) is 1. The number of hydrogen-bond donors (Lipinski definition) is 4. The number of amides is 1. The van der Waals surface area contributed by atoms with Crippen LogP contribution in [0.3, 0.4) is 0 Å². The molecule has 2 aromatic rings. The average Bonchev–Trinajstić information content (AvgIpc) is 3.33. The molecule has 1 amide bonds. The van der Waals surface area contributed by atoms with Crippen molar-refractivity contribution in [2.24, 2.45) is 0 Å². The number of nitrogens with zero attached hydrogens (tertiary/aromatic N) is 2. The minimum Gasteiger partial charge on any atom is -0.496 e. The first-order valence-corrected chi connectivity index (χ1v) is 11.5. The molecule has 2 aliphatic heterocycles. The number of nitrogen functional groups attached to an aromatic ring is 1. The molecule has 198 valence electrons.